The van der Waals surface area contributed by atoms with Gasteiger partial charge in [-0.05, 0) is 37.8 Å². The molecule has 10 nitrogen and oxygen atoms in total. The number of carbonyl (C=O) groups excluding carboxylic acids is 1. The summed E-state index contributed by atoms with van der Waals surface area (Å²) < 4.78 is 28.6. The van der Waals surface area contributed by atoms with Gasteiger partial charge >= 0.3 is 0 Å². The van der Waals surface area contributed by atoms with E-state index in [0.717, 1.165) is 6.42 Å². The third kappa shape index (κ3) is 3.50. The molecule has 0 radical (unpaired) electrons. The number of sulfonamides is 1. The van der Waals surface area contributed by atoms with Crippen molar-refractivity contribution in [3.8, 4) is 6.07 Å². The lowest BCUT2D eigenvalue weighted by Crippen LogP contribution is -2.46. The lowest BCUT2D eigenvalue weighted by molar-refractivity contribution is -0.124. The Bertz CT molecular complexity index is 1160. The maximum absolute atomic E-state index is 12.8. The molecule has 0 aliphatic carbocycles. The van der Waals surface area contributed by atoms with E-state index in [9.17, 15) is 13.2 Å². The summed E-state index contributed by atoms with van der Waals surface area (Å²) in [7, 11) is -3.73. The van der Waals surface area contributed by atoms with Gasteiger partial charge in [0.2, 0.25) is 5.91 Å². The molecule has 4 N–H and O–H groups in total. The van der Waals surface area contributed by atoms with Gasteiger partial charge < -0.3 is 16.0 Å². The Balaban J connectivity index is 1.40. The van der Waals surface area contributed by atoms with Crippen molar-refractivity contribution in [3.05, 3.63) is 41.1 Å². The number of likely N-dealkylation sites (tertiary alicyclic amines) is 1. The molecule has 11 heteroatoms. The smallest absolute Gasteiger partial charge is 0.285 e. The average Bonchev–Trinajstić information content (AvgIpc) is 3.41. The summed E-state index contributed by atoms with van der Waals surface area (Å²) in [4.78, 5) is 14.7. The Labute approximate surface area is 173 Å². The molecule has 156 valence electrons. The van der Waals surface area contributed by atoms with Crippen LogP contribution in [0.3, 0.4) is 0 Å². The molecule has 1 atom stereocenters. The number of rotatable bonds is 5. The molecule has 0 spiro atoms. The highest BCUT2D eigenvalue weighted by Crippen LogP contribution is 2.31. The normalized spacial score (nSPS) is 19.2. The van der Waals surface area contributed by atoms with Crippen molar-refractivity contribution in [2.75, 3.05) is 18.8 Å². The van der Waals surface area contributed by atoms with Gasteiger partial charge in [-0.1, -0.05) is 12.1 Å². The molecular weight excluding hydrogens is 406 g/mol. The molecule has 2 aliphatic heterocycles. The van der Waals surface area contributed by atoms with Crippen LogP contribution >= 0.6 is 0 Å². The molecule has 2 aromatic rings. The lowest BCUT2D eigenvalue weighted by Gasteiger charge is -2.25. The summed E-state index contributed by atoms with van der Waals surface area (Å²) in [6, 6.07) is 8.22. The number of aromatic nitrogens is 2. The number of anilines is 1. The zero-order valence-corrected chi connectivity index (χ0v) is 16.9. The fourth-order valence-corrected chi connectivity index (χ4v) is 5.10. The van der Waals surface area contributed by atoms with Crippen LogP contribution < -0.4 is 11.1 Å². The Morgan fingerprint density at radius 2 is 2.20 bits per heavy atom. The highest BCUT2D eigenvalue weighted by Gasteiger charge is 2.39. The molecule has 3 heterocycles. The number of H-pyrrole nitrogens is 1. The first kappa shape index (κ1) is 19.9. The van der Waals surface area contributed by atoms with Crippen LogP contribution in [0.2, 0.25) is 0 Å². The van der Waals surface area contributed by atoms with E-state index in [-0.39, 0.29) is 16.6 Å². The first-order valence-corrected chi connectivity index (χ1v) is 11.1. The number of nitrogen functional groups attached to an aromatic ring is 1. The minimum absolute atomic E-state index is 0.165. The molecule has 4 rings (SSSR count). The number of nitriles is 1. The van der Waals surface area contributed by atoms with Crippen molar-refractivity contribution in [1.82, 2.24) is 20.4 Å². The summed E-state index contributed by atoms with van der Waals surface area (Å²) in [5.74, 6) is 0.349. The van der Waals surface area contributed by atoms with Crippen LogP contribution in [0.25, 0.3) is 0 Å². The predicted octanol–water partition coefficient (Wildman–Crippen LogP) is 0.526. The molecule has 0 saturated carbocycles. The minimum Gasteiger partial charge on any atom is -0.381 e. The van der Waals surface area contributed by atoms with Crippen LogP contribution in [0.1, 0.15) is 36.1 Å². The number of benzene rings is 1. The van der Waals surface area contributed by atoms with Gasteiger partial charge in [0, 0.05) is 18.7 Å². The molecule has 1 amide bonds. The Kier molecular flexibility index (Phi) is 5.17. The van der Waals surface area contributed by atoms with Gasteiger partial charge in [0.1, 0.15) is 22.6 Å². The van der Waals surface area contributed by atoms with Gasteiger partial charge in [0.15, 0.2) is 11.7 Å². The minimum atomic E-state index is -3.73. The van der Waals surface area contributed by atoms with E-state index in [1.807, 2.05) is 6.07 Å². The van der Waals surface area contributed by atoms with Gasteiger partial charge in [0.25, 0.3) is 10.0 Å². The number of hydrogen-bond donors (Lipinski definition) is 3. The van der Waals surface area contributed by atoms with Crippen molar-refractivity contribution in [2.24, 2.45) is 4.40 Å². The van der Waals surface area contributed by atoms with E-state index < -0.39 is 16.1 Å². The van der Waals surface area contributed by atoms with Crippen molar-refractivity contribution in [1.29, 1.82) is 5.26 Å². The molecule has 0 unspecified atom stereocenters. The van der Waals surface area contributed by atoms with E-state index in [0.29, 0.717) is 55.0 Å². The van der Waals surface area contributed by atoms with Crippen LogP contribution in [0.4, 0.5) is 5.82 Å². The number of nitrogens with one attached hydrogen (secondary N) is 2. The topological polar surface area (TPSA) is 157 Å². The number of nitrogens with zero attached hydrogens (tertiary/aromatic N) is 4. The number of nitrogens with two attached hydrogens (primary N) is 1. The molecule has 0 bridgehead atoms. The van der Waals surface area contributed by atoms with Gasteiger partial charge in [-0.15, -0.1) is 4.40 Å². The second-order valence-corrected chi connectivity index (χ2v) is 8.78. The molecule has 30 heavy (non-hydrogen) atoms. The molecule has 1 aromatic heterocycles. The van der Waals surface area contributed by atoms with Crippen LogP contribution in [-0.4, -0.2) is 54.4 Å². The quantitative estimate of drug-likeness (QED) is 0.587. The Hall–Kier alpha value is -3.39. The zero-order valence-electron chi connectivity index (χ0n) is 16.1. The largest absolute Gasteiger partial charge is 0.381 e. The number of amides is 1. The van der Waals surface area contributed by atoms with Crippen molar-refractivity contribution < 1.29 is 13.2 Å². The predicted molar refractivity (Wildman–Crippen MR) is 109 cm³/mol. The first-order valence-electron chi connectivity index (χ1n) is 9.64. The first-order chi connectivity index (χ1) is 14.4. The third-order valence-electron chi connectivity index (χ3n) is 5.32. The summed E-state index contributed by atoms with van der Waals surface area (Å²) in [5, 5.41) is 18.6. The third-order valence-corrected chi connectivity index (χ3v) is 6.65. The molecule has 1 fully saturated rings. The zero-order chi connectivity index (χ0) is 21.3. The number of carbonyl (C=O) groups is 1. The maximum Gasteiger partial charge on any atom is 0.285 e. The van der Waals surface area contributed by atoms with E-state index in [1.54, 1.807) is 23.1 Å². The second kappa shape index (κ2) is 7.79. The van der Waals surface area contributed by atoms with E-state index in [4.69, 9.17) is 11.0 Å². The van der Waals surface area contributed by atoms with Crippen LogP contribution in [0.5, 0.6) is 0 Å². The lowest BCUT2D eigenvalue weighted by atomic mass is 10.1. The number of aryl methyl sites for hydroxylation is 1. The summed E-state index contributed by atoms with van der Waals surface area (Å²) in [6.45, 7) is 0.980. The fraction of sp³-hybridized carbons (Fsp3) is 0.368. The molecule has 1 aromatic carbocycles. The standard InChI is InChI=1S/C19H21N7O3S/c20-11-13-14(23-24-17(13)21)6-3-9-22-19(27)15-7-4-10-26(15)18-12-5-1-2-8-16(12)30(28,29)25-18/h1-2,5,8,15H,3-4,6-7,9-10H2,(H,22,27)(H3,21,23,24)/t15-/m1/s1. The van der Waals surface area contributed by atoms with Gasteiger partial charge in [-0.25, -0.2) is 0 Å². The van der Waals surface area contributed by atoms with Crippen molar-refractivity contribution in [3.63, 3.8) is 0 Å². The monoisotopic (exact) mass is 427 g/mol. The highest BCUT2D eigenvalue weighted by atomic mass is 32.2. The van der Waals surface area contributed by atoms with Crippen LogP contribution in [0.15, 0.2) is 33.6 Å². The number of amidine groups is 1. The van der Waals surface area contributed by atoms with Crippen LogP contribution in [-0.2, 0) is 21.2 Å². The van der Waals surface area contributed by atoms with Crippen molar-refractivity contribution >= 4 is 27.6 Å². The van der Waals surface area contributed by atoms with Gasteiger partial charge in [-0.3, -0.25) is 9.89 Å². The SMILES string of the molecule is N#Cc1c(N)n[nH]c1CCCNC(=O)[C@H]1CCCN1C1=NS(=O)(=O)c2ccccc21. The second-order valence-electron chi connectivity index (χ2n) is 7.21. The molecule has 1 saturated heterocycles. The van der Waals surface area contributed by atoms with Gasteiger partial charge in [-0.2, -0.15) is 18.8 Å². The van der Waals surface area contributed by atoms with Crippen LogP contribution in [0, 0.1) is 11.3 Å². The van der Waals surface area contributed by atoms with Crippen molar-refractivity contribution in [2.45, 2.75) is 36.6 Å². The average molecular weight is 427 g/mol. The van der Waals surface area contributed by atoms with Gasteiger partial charge in [0.05, 0.1) is 5.69 Å². The number of hydrogen-bond acceptors (Lipinski definition) is 7. The summed E-state index contributed by atoms with van der Waals surface area (Å²) in [6.07, 6.45) is 2.54. The highest BCUT2D eigenvalue weighted by molar-refractivity contribution is 7.90. The van der Waals surface area contributed by atoms with E-state index in [1.165, 1.54) is 6.07 Å². The summed E-state index contributed by atoms with van der Waals surface area (Å²) >= 11 is 0. The number of fused-ring (bicyclic) bond motifs is 1. The van der Waals surface area contributed by atoms with E-state index in [2.05, 4.69) is 19.9 Å². The summed E-state index contributed by atoms with van der Waals surface area (Å²) in [5.41, 5.74) is 7.14. The number of aromatic amines is 1. The Morgan fingerprint density at radius 3 is 3.00 bits per heavy atom. The van der Waals surface area contributed by atoms with E-state index >= 15 is 0 Å². The molecular formula is C19H21N7O3S. The Morgan fingerprint density at radius 1 is 1.40 bits per heavy atom. The maximum atomic E-state index is 12.8. The fourth-order valence-electron chi connectivity index (χ4n) is 3.88. The molecule has 2 aliphatic rings.